The number of nitrogens with one attached hydrogen (secondary N) is 1. The fourth-order valence-corrected chi connectivity index (χ4v) is 3.90. The van der Waals surface area contributed by atoms with Crippen LogP contribution in [0, 0.1) is 26.7 Å². The van der Waals surface area contributed by atoms with E-state index in [0.29, 0.717) is 0 Å². The standard InChI is InChI=1S/C21H30N2/c1-16-9-11-21(12-10-16)23-17(2)13-20(18(23)3)15-22-14-19-7-5-4-6-8-19/h9-13,19,22H,4-8,14-15H2,1-3H3. The highest BCUT2D eigenvalue weighted by Gasteiger charge is 2.14. The molecular formula is C21H30N2. The monoisotopic (exact) mass is 310 g/mol. The first-order chi connectivity index (χ1) is 11.1. The second-order valence-electron chi connectivity index (χ2n) is 7.20. The summed E-state index contributed by atoms with van der Waals surface area (Å²) in [6, 6.07) is 11.1. The third kappa shape index (κ3) is 3.87. The summed E-state index contributed by atoms with van der Waals surface area (Å²) in [7, 11) is 0. The van der Waals surface area contributed by atoms with Crippen molar-refractivity contribution in [2.24, 2.45) is 5.92 Å². The lowest BCUT2D eigenvalue weighted by Crippen LogP contribution is -2.24. The highest BCUT2D eigenvalue weighted by Crippen LogP contribution is 2.24. The van der Waals surface area contributed by atoms with E-state index in [4.69, 9.17) is 0 Å². The molecule has 124 valence electrons. The van der Waals surface area contributed by atoms with Crippen molar-refractivity contribution in [3.63, 3.8) is 0 Å². The molecule has 0 bridgehead atoms. The maximum absolute atomic E-state index is 3.70. The Hall–Kier alpha value is -1.54. The van der Waals surface area contributed by atoms with E-state index in [2.05, 4.69) is 61.0 Å². The largest absolute Gasteiger partial charge is 0.318 e. The molecule has 0 amide bonds. The summed E-state index contributed by atoms with van der Waals surface area (Å²) < 4.78 is 2.37. The zero-order valence-electron chi connectivity index (χ0n) is 14.9. The fourth-order valence-electron chi connectivity index (χ4n) is 3.90. The lowest BCUT2D eigenvalue weighted by molar-refractivity contribution is 0.342. The van der Waals surface area contributed by atoms with Crippen LogP contribution >= 0.6 is 0 Å². The Kier molecular flexibility index (Phi) is 5.22. The van der Waals surface area contributed by atoms with Gasteiger partial charge in [0.25, 0.3) is 0 Å². The van der Waals surface area contributed by atoms with Gasteiger partial charge in [0.2, 0.25) is 0 Å². The first-order valence-electron chi connectivity index (χ1n) is 9.10. The molecule has 1 aliphatic rings. The van der Waals surface area contributed by atoms with Crippen molar-refractivity contribution in [2.45, 2.75) is 59.4 Å². The maximum Gasteiger partial charge on any atom is 0.0455 e. The highest BCUT2D eigenvalue weighted by molar-refractivity contribution is 5.42. The smallest absolute Gasteiger partial charge is 0.0455 e. The first-order valence-corrected chi connectivity index (χ1v) is 9.10. The molecule has 0 atom stereocenters. The van der Waals surface area contributed by atoms with Gasteiger partial charge in [-0.2, -0.15) is 0 Å². The van der Waals surface area contributed by atoms with Gasteiger partial charge in [-0.05, 0) is 69.8 Å². The lowest BCUT2D eigenvalue weighted by Gasteiger charge is -2.21. The molecule has 1 heterocycles. The molecule has 0 saturated heterocycles. The van der Waals surface area contributed by atoms with Gasteiger partial charge in [-0.3, -0.25) is 0 Å². The molecular weight excluding hydrogens is 280 g/mol. The normalized spacial score (nSPS) is 16.0. The summed E-state index contributed by atoms with van der Waals surface area (Å²) in [6.07, 6.45) is 7.11. The molecule has 1 N–H and O–H groups in total. The Morgan fingerprint density at radius 1 is 1.00 bits per heavy atom. The van der Waals surface area contributed by atoms with Crippen molar-refractivity contribution in [1.82, 2.24) is 9.88 Å². The topological polar surface area (TPSA) is 17.0 Å². The van der Waals surface area contributed by atoms with Crippen molar-refractivity contribution in [1.29, 1.82) is 0 Å². The second-order valence-corrected chi connectivity index (χ2v) is 7.20. The molecule has 1 aromatic heterocycles. The summed E-state index contributed by atoms with van der Waals surface area (Å²) in [5, 5.41) is 3.70. The van der Waals surface area contributed by atoms with Crippen LogP contribution in [-0.4, -0.2) is 11.1 Å². The Labute approximate surface area is 140 Å². The van der Waals surface area contributed by atoms with Crippen LogP contribution in [0.4, 0.5) is 0 Å². The van der Waals surface area contributed by atoms with Gasteiger partial charge in [-0.1, -0.05) is 37.0 Å². The molecule has 2 heteroatoms. The molecule has 3 rings (SSSR count). The van der Waals surface area contributed by atoms with Crippen LogP contribution in [-0.2, 0) is 6.54 Å². The number of nitrogens with zero attached hydrogens (tertiary/aromatic N) is 1. The highest BCUT2D eigenvalue weighted by atomic mass is 15.0. The van der Waals surface area contributed by atoms with E-state index in [1.807, 2.05) is 0 Å². The van der Waals surface area contributed by atoms with Gasteiger partial charge in [-0.15, -0.1) is 0 Å². The van der Waals surface area contributed by atoms with Crippen LogP contribution in [0.15, 0.2) is 30.3 Å². The molecule has 1 aromatic carbocycles. The van der Waals surface area contributed by atoms with Gasteiger partial charge >= 0.3 is 0 Å². The van der Waals surface area contributed by atoms with Gasteiger partial charge in [0, 0.05) is 23.6 Å². The molecule has 0 unspecified atom stereocenters. The zero-order chi connectivity index (χ0) is 16.2. The molecule has 1 fully saturated rings. The molecule has 2 aromatic rings. The van der Waals surface area contributed by atoms with Crippen LogP contribution in [0.3, 0.4) is 0 Å². The van der Waals surface area contributed by atoms with Crippen molar-refractivity contribution in [3.05, 3.63) is 52.8 Å². The van der Waals surface area contributed by atoms with E-state index < -0.39 is 0 Å². The van der Waals surface area contributed by atoms with E-state index in [1.54, 1.807) is 0 Å². The predicted molar refractivity (Wildman–Crippen MR) is 98.3 cm³/mol. The van der Waals surface area contributed by atoms with Crippen LogP contribution in [0.1, 0.15) is 54.6 Å². The number of benzene rings is 1. The first kappa shape index (κ1) is 16.3. The summed E-state index contributed by atoms with van der Waals surface area (Å²) in [5.74, 6) is 0.893. The zero-order valence-corrected chi connectivity index (χ0v) is 14.9. The van der Waals surface area contributed by atoms with Crippen LogP contribution in [0.5, 0.6) is 0 Å². The molecule has 1 aliphatic carbocycles. The number of aryl methyl sites for hydroxylation is 2. The number of aromatic nitrogens is 1. The average molecular weight is 310 g/mol. The van der Waals surface area contributed by atoms with E-state index in [9.17, 15) is 0 Å². The summed E-state index contributed by atoms with van der Waals surface area (Å²) in [4.78, 5) is 0. The summed E-state index contributed by atoms with van der Waals surface area (Å²) in [5.41, 5.74) is 6.69. The Morgan fingerprint density at radius 2 is 1.70 bits per heavy atom. The van der Waals surface area contributed by atoms with E-state index in [-0.39, 0.29) is 0 Å². The van der Waals surface area contributed by atoms with Gasteiger partial charge in [0.15, 0.2) is 0 Å². The van der Waals surface area contributed by atoms with Crippen LogP contribution in [0.25, 0.3) is 5.69 Å². The van der Waals surface area contributed by atoms with Gasteiger partial charge in [-0.25, -0.2) is 0 Å². The van der Waals surface area contributed by atoms with Crippen molar-refractivity contribution >= 4 is 0 Å². The third-order valence-electron chi connectivity index (χ3n) is 5.30. The average Bonchev–Trinajstić information content (AvgIpc) is 2.84. The summed E-state index contributed by atoms with van der Waals surface area (Å²) in [6.45, 7) is 8.75. The Bertz CT molecular complexity index is 631. The van der Waals surface area contributed by atoms with Crippen LogP contribution < -0.4 is 5.32 Å². The lowest BCUT2D eigenvalue weighted by atomic mass is 9.89. The number of rotatable bonds is 5. The molecule has 0 aliphatic heterocycles. The molecule has 2 nitrogen and oxygen atoms in total. The van der Waals surface area contributed by atoms with E-state index in [0.717, 1.165) is 12.5 Å². The maximum atomic E-state index is 3.70. The minimum atomic E-state index is 0.893. The summed E-state index contributed by atoms with van der Waals surface area (Å²) >= 11 is 0. The van der Waals surface area contributed by atoms with Crippen LogP contribution in [0.2, 0.25) is 0 Å². The number of hydrogen-bond acceptors (Lipinski definition) is 1. The Morgan fingerprint density at radius 3 is 2.39 bits per heavy atom. The van der Waals surface area contributed by atoms with E-state index >= 15 is 0 Å². The predicted octanol–water partition coefficient (Wildman–Crippen LogP) is 5.07. The second kappa shape index (κ2) is 7.35. The fraction of sp³-hybridized carbons (Fsp3) is 0.524. The van der Waals surface area contributed by atoms with Crippen molar-refractivity contribution < 1.29 is 0 Å². The van der Waals surface area contributed by atoms with Gasteiger partial charge in [0.1, 0.15) is 0 Å². The van der Waals surface area contributed by atoms with Crippen molar-refractivity contribution in [2.75, 3.05) is 6.54 Å². The molecule has 0 spiro atoms. The molecule has 1 saturated carbocycles. The van der Waals surface area contributed by atoms with Gasteiger partial charge < -0.3 is 9.88 Å². The quantitative estimate of drug-likeness (QED) is 0.815. The molecule has 23 heavy (non-hydrogen) atoms. The third-order valence-corrected chi connectivity index (χ3v) is 5.30. The van der Waals surface area contributed by atoms with Crippen molar-refractivity contribution in [3.8, 4) is 5.69 Å². The number of hydrogen-bond donors (Lipinski definition) is 1. The SMILES string of the molecule is Cc1ccc(-n2c(C)cc(CNCC3CCCCC3)c2C)cc1. The molecule has 0 radical (unpaired) electrons. The minimum Gasteiger partial charge on any atom is -0.318 e. The minimum absolute atomic E-state index is 0.893. The van der Waals surface area contributed by atoms with E-state index in [1.165, 1.54) is 66.9 Å². The Balaban J connectivity index is 1.66. The van der Waals surface area contributed by atoms with Gasteiger partial charge in [0.05, 0.1) is 0 Å².